The third-order valence-electron chi connectivity index (χ3n) is 3.23. The second kappa shape index (κ2) is 2.98. The lowest BCUT2D eigenvalue weighted by Crippen LogP contribution is -2.31. The minimum absolute atomic E-state index is 0.0147. The van der Waals surface area contributed by atoms with Gasteiger partial charge in [0, 0.05) is 0 Å². The first-order chi connectivity index (χ1) is 5.66. The maximum absolute atomic E-state index is 5.88. The Morgan fingerprint density at radius 2 is 1.46 bits per heavy atom. The molecule has 0 atom stereocenters. The van der Waals surface area contributed by atoms with Crippen molar-refractivity contribution >= 4 is 0 Å². The van der Waals surface area contributed by atoms with Crippen molar-refractivity contribution in [2.24, 2.45) is 10.8 Å². The van der Waals surface area contributed by atoms with Gasteiger partial charge in [-0.2, -0.15) is 0 Å². The molecule has 1 aliphatic carbocycles. The summed E-state index contributed by atoms with van der Waals surface area (Å²) in [6.07, 6.45) is 2.68. The Labute approximate surface area is 82.9 Å². The molecular weight excluding hydrogens is 160 g/mol. The zero-order valence-corrected chi connectivity index (χ0v) is 10.0. The van der Waals surface area contributed by atoms with Crippen molar-refractivity contribution in [3.63, 3.8) is 0 Å². The summed E-state index contributed by atoms with van der Waals surface area (Å²) >= 11 is 0. The molecule has 1 nitrogen and oxygen atoms in total. The first kappa shape index (κ1) is 11.0. The van der Waals surface area contributed by atoms with Gasteiger partial charge in [0.2, 0.25) is 0 Å². The third-order valence-corrected chi connectivity index (χ3v) is 3.23. The maximum Gasteiger partial charge on any atom is 0.0598 e. The minimum Gasteiger partial charge on any atom is -0.375 e. The Balaban J connectivity index is 2.46. The maximum atomic E-state index is 5.88. The monoisotopic (exact) mass is 184 g/mol. The van der Waals surface area contributed by atoms with Gasteiger partial charge >= 0.3 is 0 Å². The first-order valence-electron chi connectivity index (χ1n) is 5.30. The van der Waals surface area contributed by atoms with E-state index in [-0.39, 0.29) is 5.60 Å². The van der Waals surface area contributed by atoms with Crippen molar-refractivity contribution in [1.29, 1.82) is 0 Å². The van der Waals surface area contributed by atoms with Gasteiger partial charge in [0.25, 0.3) is 0 Å². The van der Waals surface area contributed by atoms with E-state index < -0.39 is 0 Å². The SMILES string of the molecule is CC(C)(C)OCC1(C(C)(C)C)CC1. The molecule has 0 heterocycles. The van der Waals surface area contributed by atoms with Crippen LogP contribution in [0, 0.1) is 10.8 Å². The number of ether oxygens (including phenoxy) is 1. The highest BCUT2D eigenvalue weighted by Gasteiger charge is 2.52. The molecule has 0 saturated heterocycles. The molecule has 0 aromatic rings. The Bertz CT molecular complexity index is 176. The van der Waals surface area contributed by atoms with Gasteiger partial charge in [-0.25, -0.2) is 0 Å². The molecule has 1 rings (SSSR count). The van der Waals surface area contributed by atoms with Gasteiger partial charge < -0.3 is 4.74 Å². The largest absolute Gasteiger partial charge is 0.375 e. The summed E-state index contributed by atoms with van der Waals surface area (Å²) in [5, 5.41) is 0. The lowest BCUT2D eigenvalue weighted by molar-refractivity contribution is -0.0504. The Morgan fingerprint density at radius 3 is 1.69 bits per heavy atom. The van der Waals surface area contributed by atoms with Gasteiger partial charge in [-0.05, 0) is 44.4 Å². The average molecular weight is 184 g/mol. The Kier molecular flexibility index (Phi) is 2.53. The lowest BCUT2D eigenvalue weighted by atomic mass is 9.78. The lowest BCUT2D eigenvalue weighted by Gasteiger charge is -2.33. The number of hydrogen-bond donors (Lipinski definition) is 0. The zero-order chi connectivity index (χ0) is 10.3. The van der Waals surface area contributed by atoms with E-state index in [1.165, 1.54) is 12.8 Å². The van der Waals surface area contributed by atoms with E-state index in [1.54, 1.807) is 0 Å². The van der Waals surface area contributed by atoms with Crippen molar-refractivity contribution in [3.05, 3.63) is 0 Å². The standard InChI is InChI=1S/C12H24O/c1-10(2,3)12(7-8-12)9-13-11(4,5)6/h7-9H2,1-6H3. The highest BCUT2D eigenvalue weighted by atomic mass is 16.5. The van der Waals surface area contributed by atoms with E-state index in [0.29, 0.717) is 10.8 Å². The van der Waals surface area contributed by atoms with Crippen LogP contribution in [-0.4, -0.2) is 12.2 Å². The summed E-state index contributed by atoms with van der Waals surface area (Å²) in [5.74, 6) is 0. The van der Waals surface area contributed by atoms with Gasteiger partial charge in [-0.3, -0.25) is 0 Å². The minimum atomic E-state index is 0.0147. The molecule has 1 aliphatic rings. The van der Waals surface area contributed by atoms with Crippen molar-refractivity contribution < 1.29 is 4.74 Å². The number of hydrogen-bond acceptors (Lipinski definition) is 1. The molecule has 0 bridgehead atoms. The van der Waals surface area contributed by atoms with Crippen LogP contribution in [-0.2, 0) is 4.74 Å². The van der Waals surface area contributed by atoms with Crippen molar-refractivity contribution in [3.8, 4) is 0 Å². The normalized spacial score (nSPS) is 21.7. The molecular formula is C12H24O. The van der Waals surface area contributed by atoms with Crippen molar-refractivity contribution in [2.45, 2.75) is 60.0 Å². The summed E-state index contributed by atoms with van der Waals surface area (Å²) in [6, 6.07) is 0. The van der Waals surface area contributed by atoms with E-state index in [2.05, 4.69) is 41.5 Å². The second-order valence-electron chi connectivity index (χ2n) is 6.43. The van der Waals surface area contributed by atoms with Crippen LogP contribution in [0.2, 0.25) is 0 Å². The van der Waals surface area contributed by atoms with Gasteiger partial charge in [0.1, 0.15) is 0 Å². The van der Waals surface area contributed by atoms with E-state index >= 15 is 0 Å². The fourth-order valence-corrected chi connectivity index (χ4v) is 1.62. The van der Waals surface area contributed by atoms with Crippen molar-refractivity contribution in [2.75, 3.05) is 6.61 Å². The molecule has 0 aromatic carbocycles. The van der Waals surface area contributed by atoms with Gasteiger partial charge in [-0.1, -0.05) is 20.8 Å². The molecule has 78 valence electrons. The molecule has 1 fully saturated rings. The average Bonchev–Trinajstić information content (AvgIpc) is 2.58. The molecule has 0 spiro atoms. The summed E-state index contributed by atoms with van der Waals surface area (Å²) in [6.45, 7) is 14.3. The summed E-state index contributed by atoms with van der Waals surface area (Å²) in [7, 11) is 0. The van der Waals surface area contributed by atoms with Gasteiger partial charge in [0.15, 0.2) is 0 Å². The predicted molar refractivity (Wildman–Crippen MR) is 56.8 cm³/mol. The third kappa shape index (κ3) is 2.70. The van der Waals surface area contributed by atoms with Crippen LogP contribution in [0.4, 0.5) is 0 Å². The van der Waals surface area contributed by atoms with Crippen LogP contribution in [0.1, 0.15) is 54.4 Å². The van der Waals surface area contributed by atoms with Crippen LogP contribution in [0.5, 0.6) is 0 Å². The molecule has 0 amide bonds. The molecule has 0 aromatic heterocycles. The summed E-state index contributed by atoms with van der Waals surface area (Å²) < 4.78 is 5.88. The van der Waals surface area contributed by atoms with Crippen LogP contribution in [0.3, 0.4) is 0 Å². The first-order valence-corrected chi connectivity index (χ1v) is 5.30. The van der Waals surface area contributed by atoms with Crippen LogP contribution in [0.15, 0.2) is 0 Å². The quantitative estimate of drug-likeness (QED) is 0.637. The van der Waals surface area contributed by atoms with Gasteiger partial charge in [0.05, 0.1) is 12.2 Å². The summed E-state index contributed by atoms with van der Waals surface area (Å²) in [5.41, 5.74) is 0.888. The molecule has 1 saturated carbocycles. The van der Waals surface area contributed by atoms with E-state index in [9.17, 15) is 0 Å². The fraction of sp³-hybridized carbons (Fsp3) is 1.00. The topological polar surface area (TPSA) is 9.23 Å². The molecule has 0 aliphatic heterocycles. The fourth-order valence-electron chi connectivity index (χ4n) is 1.62. The van der Waals surface area contributed by atoms with Crippen LogP contribution < -0.4 is 0 Å². The highest BCUT2D eigenvalue weighted by molar-refractivity contribution is 5.01. The highest BCUT2D eigenvalue weighted by Crippen LogP contribution is 2.58. The predicted octanol–water partition coefficient (Wildman–Crippen LogP) is 3.63. The molecule has 0 N–H and O–H groups in total. The summed E-state index contributed by atoms with van der Waals surface area (Å²) in [4.78, 5) is 0. The van der Waals surface area contributed by atoms with Crippen molar-refractivity contribution in [1.82, 2.24) is 0 Å². The zero-order valence-electron chi connectivity index (χ0n) is 10.0. The van der Waals surface area contributed by atoms with E-state index in [1.807, 2.05) is 0 Å². The molecule has 13 heavy (non-hydrogen) atoms. The smallest absolute Gasteiger partial charge is 0.0598 e. The van der Waals surface area contributed by atoms with Gasteiger partial charge in [-0.15, -0.1) is 0 Å². The Morgan fingerprint density at radius 1 is 1.00 bits per heavy atom. The number of rotatable bonds is 2. The van der Waals surface area contributed by atoms with Crippen LogP contribution >= 0.6 is 0 Å². The second-order valence-corrected chi connectivity index (χ2v) is 6.43. The van der Waals surface area contributed by atoms with E-state index in [4.69, 9.17) is 4.74 Å². The molecule has 0 radical (unpaired) electrons. The Hall–Kier alpha value is -0.0400. The van der Waals surface area contributed by atoms with Crippen LogP contribution in [0.25, 0.3) is 0 Å². The van der Waals surface area contributed by atoms with E-state index in [0.717, 1.165) is 6.61 Å². The molecule has 1 heteroatoms. The molecule has 0 unspecified atom stereocenters.